The van der Waals surface area contributed by atoms with Gasteiger partial charge in [0.05, 0.1) is 28.7 Å². The number of carboxylic acid groups (broad SMARTS) is 1. The van der Waals surface area contributed by atoms with Crippen LogP contribution in [-0.4, -0.2) is 40.8 Å². The number of aromatic carboxylic acids is 1. The number of ether oxygens (including phenoxy) is 1. The summed E-state index contributed by atoms with van der Waals surface area (Å²) in [6.45, 7) is 1.01. The molecule has 0 saturated heterocycles. The Labute approximate surface area is 182 Å². The summed E-state index contributed by atoms with van der Waals surface area (Å²) in [4.78, 5) is 28.7. The maximum atomic E-state index is 12.9. The second-order valence-electron chi connectivity index (χ2n) is 7.24. The maximum Gasteiger partial charge on any atom is 0.341 e. The summed E-state index contributed by atoms with van der Waals surface area (Å²) in [6.07, 6.45) is 4.81. The largest absolute Gasteiger partial charge is 0.492 e. The van der Waals surface area contributed by atoms with Crippen LogP contribution in [0.3, 0.4) is 0 Å². The number of carboxylic acids is 1. The van der Waals surface area contributed by atoms with Crippen LogP contribution in [-0.2, 0) is 0 Å². The van der Waals surface area contributed by atoms with Gasteiger partial charge in [-0.1, -0.05) is 17.7 Å². The number of aromatic nitrogens is 2. The highest BCUT2D eigenvalue weighted by molar-refractivity contribution is 6.38. The van der Waals surface area contributed by atoms with Crippen LogP contribution in [0.5, 0.6) is 5.75 Å². The van der Waals surface area contributed by atoms with E-state index in [9.17, 15) is 14.7 Å². The smallest absolute Gasteiger partial charge is 0.341 e. The maximum absolute atomic E-state index is 12.9. The minimum atomic E-state index is -1.31. The van der Waals surface area contributed by atoms with Crippen molar-refractivity contribution in [2.24, 2.45) is 0 Å². The van der Waals surface area contributed by atoms with Crippen LogP contribution in [0.1, 0.15) is 29.2 Å². The second kappa shape index (κ2) is 8.35. The summed E-state index contributed by atoms with van der Waals surface area (Å²) < 4.78 is 7.41. The van der Waals surface area contributed by atoms with Gasteiger partial charge in [-0.3, -0.25) is 4.79 Å². The van der Waals surface area contributed by atoms with Gasteiger partial charge in [0.15, 0.2) is 5.75 Å². The lowest BCUT2D eigenvalue weighted by molar-refractivity contribution is 0.0695. The van der Waals surface area contributed by atoms with Crippen LogP contribution in [0.4, 0.5) is 17.2 Å². The van der Waals surface area contributed by atoms with Crippen LogP contribution in [0, 0.1) is 0 Å². The third-order valence-electron chi connectivity index (χ3n) is 5.17. The number of carbonyl (C=O) groups is 1. The lowest BCUT2D eigenvalue weighted by Crippen LogP contribution is -2.21. The molecule has 1 aliphatic rings. The molecule has 0 unspecified atom stereocenters. The number of methoxy groups -OCH3 is 1. The summed E-state index contributed by atoms with van der Waals surface area (Å²) in [5, 5.41) is 16.1. The summed E-state index contributed by atoms with van der Waals surface area (Å²) in [5.74, 6) is -0.212. The molecule has 4 rings (SSSR count). The highest BCUT2D eigenvalue weighted by Gasteiger charge is 2.31. The van der Waals surface area contributed by atoms with Crippen LogP contribution in [0.25, 0.3) is 10.9 Å². The molecule has 1 aliphatic carbocycles. The van der Waals surface area contributed by atoms with E-state index in [1.165, 1.54) is 13.3 Å². The molecule has 10 heteroatoms. The minimum absolute atomic E-state index is 0.0279. The van der Waals surface area contributed by atoms with Gasteiger partial charge in [0.2, 0.25) is 5.43 Å². The fourth-order valence-corrected chi connectivity index (χ4v) is 3.82. The standard InChI is InChI=1S/C21H22ClN5O4/c1-31-20-17(26-9-8-25-13-4-2-3-7-24-13)15(22)16(23)14-18(20)27(11-5-6-11)10-12(19(14)28)21(29)30/h2-4,7,10-11,26H,5-6,8-9,23H2,1H3,(H,24,25)(H,29,30). The predicted octanol–water partition coefficient (Wildman–Crippen LogP) is 3.20. The number of halogens is 1. The molecule has 0 atom stereocenters. The number of fused-ring (bicyclic) bond motifs is 1. The fraction of sp³-hybridized carbons (Fsp3) is 0.286. The molecule has 0 aliphatic heterocycles. The quantitative estimate of drug-likeness (QED) is 0.308. The Bertz CT molecular complexity index is 1210. The van der Waals surface area contributed by atoms with Gasteiger partial charge in [0.25, 0.3) is 0 Å². The van der Waals surface area contributed by atoms with Gasteiger partial charge in [0.1, 0.15) is 17.1 Å². The van der Waals surface area contributed by atoms with Crippen molar-refractivity contribution in [3.63, 3.8) is 0 Å². The zero-order valence-corrected chi connectivity index (χ0v) is 17.6. The molecule has 9 nitrogen and oxygen atoms in total. The zero-order valence-electron chi connectivity index (χ0n) is 16.8. The number of nitrogens with zero attached hydrogens (tertiary/aromatic N) is 2. The molecule has 1 aromatic carbocycles. The van der Waals surface area contributed by atoms with E-state index in [0.29, 0.717) is 30.0 Å². The first-order chi connectivity index (χ1) is 14.9. The van der Waals surface area contributed by atoms with E-state index >= 15 is 0 Å². The minimum Gasteiger partial charge on any atom is -0.492 e. The molecule has 2 heterocycles. The monoisotopic (exact) mass is 443 g/mol. The Morgan fingerprint density at radius 3 is 2.71 bits per heavy atom. The summed E-state index contributed by atoms with van der Waals surface area (Å²) in [6, 6.07) is 5.65. The number of anilines is 3. The van der Waals surface area contributed by atoms with Gasteiger partial charge >= 0.3 is 5.97 Å². The first-order valence-electron chi connectivity index (χ1n) is 9.79. The lowest BCUT2D eigenvalue weighted by Gasteiger charge is -2.21. The molecule has 0 spiro atoms. The molecule has 2 aromatic heterocycles. The SMILES string of the molecule is COc1c(NCCNc2ccccn2)c(Cl)c(N)c2c(=O)c(C(=O)O)cn(C3CC3)c12. The van der Waals surface area contributed by atoms with Gasteiger partial charge in [-0.2, -0.15) is 0 Å². The predicted molar refractivity (Wildman–Crippen MR) is 121 cm³/mol. The van der Waals surface area contributed by atoms with Crippen LogP contribution in [0.15, 0.2) is 35.4 Å². The van der Waals surface area contributed by atoms with E-state index in [0.717, 1.165) is 18.7 Å². The van der Waals surface area contributed by atoms with Crippen molar-refractivity contribution >= 4 is 45.7 Å². The molecule has 0 amide bonds. The third kappa shape index (κ3) is 3.84. The number of hydrogen-bond donors (Lipinski definition) is 4. The average molecular weight is 444 g/mol. The van der Waals surface area contributed by atoms with Crippen molar-refractivity contribution in [2.45, 2.75) is 18.9 Å². The van der Waals surface area contributed by atoms with E-state index in [1.54, 1.807) is 10.8 Å². The first-order valence-corrected chi connectivity index (χ1v) is 10.2. The van der Waals surface area contributed by atoms with E-state index in [-0.39, 0.29) is 27.7 Å². The first kappa shape index (κ1) is 20.8. The van der Waals surface area contributed by atoms with Crippen molar-refractivity contribution in [1.82, 2.24) is 9.55 Å². The molecule has 0 radical (unpaired) electrons. The Morgan fingerprint density at radius 2 is 2.10 bits per heavy atom. The van der Waals surface area contributed by atoms with Crippen molar-refractivity contribution in [3.8, 4) is 5.75 Å². The molecule has 162 valence electrons. The van der Waals surface area contributed by atoms with Crippen molar-refractivity contribution in [1.29, 1.82) is 0 Å². The van der Waals surface area contributed by atoms with Crippen molar-refractivity contribution < 1.29 is 14.6 Å². The van der Waals surface area contributed by atoms with Crippen LogP contribution < -0.4 is 26.5 Å². The Hall–Kier alpha value is -3.46. The van der Waals surface area contributed by atoms with Crippen LogP contribution >= 0.6 is 11.6 Å². The highest BCUT2D eigenvalue weighted by Crippen LogP contribution is 2.47. The van der Waals surface area contributed by atoms with Crippen LogP contribution in [0.2, 0.25) is 5.02 Å². The molecule has 1 saturated carbocycles. The van der Waals surface area contributed by atoms with Crippen molar-refractivity contribution in [3.05, 3.63) is 51.4 Å². The number of rotatable bonds is 8. The van der Waals surface area contributed by atoms with E-state index in [4.69, 9.17) is 22.1 Å². The Morgan fingerprint density at radius 1 is 1.35 bits per heavy atom. The molecule has 3 aromatic rings. The summed E-state index contributed by atoms with van der Waals surface area (Å²) in [5.41, 5.74) is 6.14. The molecular weight excluding hydrogens is 422 g/mol. The van der Waals surface area contributed by atoms with E-state index in [2.05, 4.69) is 15.6 Å². The molecule has 5 N–H and O–H groups in total. The molecule has 31 heavy (non-hydrogen) atoms. The number of nitrogens with one attached hydrogen (secondary N) is 2. The topological polar surface area (TPSA) is 132 Å². The average Bonchev–Trinajstić information content (AvgIpc) is 3.60. The van der Waals surface area contributed by atoms with Gasteiger partial charge in [-0.15, -0.1) is 0 Å². The fourth-order valence-electron chi connectivity index (χ4n) is 3.57. The molecule has 1 fully saturated rings. The number of nitrogens with two attached hydrogens (primary N) is 1. The van der Waals surface area contributed by atoms with E-state index < -0.39 is 11.4 Å². The normalized spacial score (nSPS) is 13.2. The zero-order chi connectivity index (χ0) is 22.1. The number of pyridine rings is 2. The highest BCUT2D eigenvalue weighted by atomic mass is 35.5. The molecular formula is C21H22ClN5O4. The number of benzene rings is 1. The third-order valence-corrected chi connectivity index (χ3v) is 5.57. The van der Waals surface area contributed by atoms with Crippen molar-refractivity contribution in [2.75, 3.05) is 36.6 Å². The van der Waals surface area contributed by atoms with Gasteiger partial charge in [-0.05, 0) is 25.0 Å². The van der Waals surface area contributed by atoms with Gasteiger partial charge < -0.3 is 30.8 Å². The summed E-state index contributed by atoms with van der Waals surface area (Å²) in [7, 11) is 1.48. The van der Waals surface area contributed by atoms with E-state index in [1.807, 2.05) is 18.2 Å². The second-order valence-corrected chi connectivity index (χ2v) is 7.62. The Kier molecular flexibility index (Phi) is 5.60. The number of hydrogen-bond acceptors (Lipinski definition) is 7. The Balaban J connectivity index is 1.77. The molecule has 0 bridgehead atoms. The van der Waals surface area contributed by atoms with Gasteiger partial charge in [-0.25, -0.2) is 9.78 Å². The lowest BCUT2D eigenvalue weighted by atomic mass is 10.1. The number of nitrogen functional groups attached to an aromatic ring is 1. The van der Waals surface area contributed by atoms with Gasteiger partial charge in [0, 0.05) is 31.5 Å². The summed E-state index contributed by atoms with van der Waals surface area (Å²) >= 11 is 6.51.